The van der Waals surface area contributed by atoms with Crippen LogP contribution >= 0.6 is 11.3 Å². The van der Waals surface area contributed by atoms with Gasteiger partial charge in [-0.25, -0.2) is 9.97 Å². The number of nitrogens with one attached hydrogen (secondary N) is 1. The molecule has 1 unspecified atom stereocenters. The Kier molecular flexibility index (Phi) is 6.81. The lowest BCUT2D eigenvalue weighted by molar-refractivity contribution is -0.146. The van der Waals surface area contributed by atoms with E-state index in [-0.39, 0.29) is 6.04 Å². The van der Waals surface area contributed by atoms with E-state index in [0.29, 0.717) is 24.0 Å². The van der Waals surface area contributed by atoms with Gasteiger partial charge in [0.05, 0.1) is 28.1 Å². The van der Waals surface area contributed by atoms with E-state index in [4.69, 9.17) is 10.7 Å². The fourth-order valence-electron chi connectivity index (χ4n) is 4.96. The average molecular weight is 508 g/mol. The number of thiazole rings is 1. The van der Waals surface area contributed by atoms with Gasteiger partial charge in [0.1, 0.15) is 5.82 Å². The number of benzene rings is 1. The molecule has 0 saturated carbocycles. The second-order valence-corrected chi connectivity index (χ2v) is 11.1. The first kappa shape index (κ1) is 24.5. The third kappa shape index (κ3) is 5.01. The number of amides is 2. The molecule has 10 heteroatoms. The molecule has 190 valence electrons. The Balaban J connectivity index is 1.36. The maximum absolute atomic E-state index is 13.3. The molecule has 2 fully saturated rings. The Morgan fingerprint density at radius 1 is 1.14 bits per heavy atom. The molecule has 0 spiro atoms. The lowest BCUT2D eigenvalue weighted by Crippen LogP contribution is -2.46. The van der Waals surface area contributed by atoms with Gasteiger partial charge in [-0.2, -0.15) is 0 Å². The number of hydrogen-bond donors (Lipinski definition) is 2. The molecule has 2 aliphatic rings. The van der Waals surface area contributed by atoms with E-state index in [1.807, 2.05) is 6.92 Å². The number of likely N-dealkylation sites (N-methyl/N-ethyl adjacent to an activating group) is 1. The summed E-state index contributed by atoms with van der Waals surface area (Å²) in [5, 5.41) is 3.75. The normalized spacial score (nSPS) is 21.1. The number of carbonyl (C=O) groups is 2. The molecule has 4 heterocycles. The molecular weight excluding hydrogens is 474 g/mol. The Hall–Kier alpha value is -3.24. The summed E-state index contributed by atoms with van der Waals surface area (Å²) < 4.78 is 1.14. The van der Waals surface area contributed by atoms with E-state index >= 15 is 0 Å². The Morgan fingerprint density at radius 3 is 2.67 bits per heavy atom. The standard InChI is InChI=1S/C26H33N7O2S/c1-16-4-6-21(33(15-16)25(35)24(34)29-19-12-17(2)23(27)28-14-19)18-5-7-22-20(13-18)30-26(36-22)32-10-8-31(3)9-11-32/h5,7,12-14,16,21H,4,6,8-11,15H2,1-3H3,(H2,27,28)(H,29,34)/t16-,21?/m0/s1. The molecule has 2 atom stereocenters. The zero-order valence-corrected chi connectivity index (χ0v) is 21.8. The van der Waals surface area contributed by atoms with Gasteiger partial charge in [0.15, 0.2) is 5.13 Å². The van der Waals surface area contributed by atoms with Crippen molar-refractivity contribution in [2.45, 2.75) is 32.7 Å². The number of anilines is 3. The first-order chi connectivity index (χ1) is 17.3. The van der Waals surface area contributed by atoms with Crippen molar-refractivity contribution in [3.8, 4) is 0 Å². The van der Waals surface area contributed by atoms with E-state index in [9.17, 15) is 9.59 Å². The highest BCUT2D eigenvalue weighted by molar-refractivity contribution is 7.22. The second-order valence-electron chi connectivity index (χ2n) is 10.1. The van der Waals surface area contributed by atoms with Crippen LogP contribution in [0.3, 0.4) is 0 Å². The van der Waals surface area contributed by atoms with E-state index in [1.54, 1.807) is 22.3 Å². The highest BCUT2D eigenvalue weighted by atomic mass is 32.1. The number of hydrogen-bond acceptors (Lipinski definition) is 8. The third-order valence-corrected chi connectivity index (χ3v) is 8.31. The van der Waals surface area contributed by atoms with E-state index in [0.717, 1.165) is 65.5 Å². The van der Waals surface area contributed by atoms with Crippen molar-refractivity contribution in [1.82, 2.24) is 19.8 Å². The minimum atomic E-state index is -0.660. The van der Waals surface area contributed by atoms with Gasteiger partial charge in [-0.15, -0.1) is 0 Å². The molecule has 3 N–H and O–H groups in total. The van der Waals surface area contributed by atoms with Crippen LogP contribution in [0.15, 0.2) is 30.5 Å². The Morgan fingerprint density at radius 2 is 1.92 bits per heavy atom. The number of piperidine rings is 1. The molecule has 1 aromatic carbocycles. The van der Waals surface area contributed by atoms with Gasteiger partial charge in [0.25, 0.3) is 0 Å². The van der Waals surface area contributed by atoms with Crippen LogP contribution in [0.1, 0.15) is 36.9 Å². The van der Waals surface area contributed by atoms with Gasteiger partial charge in [-0.05, 0) is 62.1 Å². The molecule has 36 heavy (non-hydrogen) atoms. The number of aryl methyl sites for hydroxylation is 1. The fourth-order valence-corrected chi connectivity index (χ4v) is 5.96. The second kappa shape index (κ2) is 10.0. The van der Waals surface area contributed by atoms with E-state index in [1.165, 1.54) is 6.20 Å². The first-order valence-corrected chi connectivity index (χ1v) is 13.3. The molecular formula is C26H33N7O2S. The minimum Gasteiger partial charge on any atom is -0.383 e. The van der Waals surface area contributed by atoms with Crippen molar-refractivity contribution in [2.75, 3.05) is 55.7 Å². The number of pyridine rings is 1. The quantitative estimate of drug-likeness (QED) is 0.524. The summed E-state index contributed by atoms with van der Waals surface area (Å²) in [6.45, 7) is 8.49. The molecule has 2 amide bonds. The average Bonchev–Trinajstić information content (AvgIpc) is 3.29. The molecule has 2 aromatic heterocycles. The van der Waals surface area contributed by atoms with Crippen LogP contribution in [0.5, 0.6) is 0 Å². The third-order valence-electron chi connectivity index (χ3n) is 7.21. The van der Waals surface area contributed by atoms with Crippen LogP contribution < -0.4 is 16.0 Å². The lowest BCUT2D eigenvalue weighted by atomic mass is 9.89. The van der Waals surface area contributed by atoms with Crippen LogP contribution in [-0.4, -0.2) is 71.4 Å². The van der Waals surface area contributed by atoms with Gasteiger partial charge in [-0.1, -0.05) is 24.3 Å². The largest absolute Gasteiger partial charge is 0.383 e. The molecule has 0 radical (unpaired) electrons. The summed E-state index contributed by atoms with van der Waals surface area (Å²) in [6.07, 6.45) is 3.28. The topological polar surface area (TPSA) is 108 Å². The summed E-state index contributed by atoms with van der Waals surface area (Å²) >= 11 is 1.71. The van der Waals surface area contributed by atoms with Gasteiger partial charge in [-0.3, -0.25) is 9.59 Å². The molecule has 2 aliphatic heterocycles. The molecule has 9 nitrogen and oxygen atoms in total. The highest BCUT2D eigenvalue weighted by Crippen LogP contribution is 2.37. The van der Waals surface area contributed by atoms with Crippen molar-refractivity contribution in [2.24, 2.45) is 5.92 Å². The minimum absolute atomic E-state index is 0.163. The van der Waals surface area contributed by atoms with Crippen molar-refractivity contribution >= 4 is 50.0 Å². The first-order valence-electron chi connectivity index (χ1n) is 12.5. The van der Waals surface area contributed by atoms with Crippen molar-refractivity contribution < 1.29 is 9.59 Å². The number of likely N-dealkylation sites (tertiary alicyclic amines) is 1. The molecule has 0 bridgehead atoms. The zero-order valence-electron chi connectivity index (χ0n) is 21.0. The van der Waals surface area contributed by atoms with Gasteiger partial charge in [0, 0.05) is 32.7 Å². The SMILES string of the molecule is Cc1cc(NC(=O)C(=O)N2C[C@@H](C)CCC2c2ccc3sc(N4CCN(C)CC4)nc3c2)cnc1N. The summed E-state index contributed by atoms with van der Waals surface area (Å²) in [6, 6.07) is 7.84. The molecule has 0 aliphatic carbocycles. The van der Waals surface area contributed by atoms with Crippen LogP contribution in [-0.2, 0) is 9.59 Å². The molecule has 5 rings (SSSR count). The van der Waals surface area contributed by atoms with Crippen molar-refractivity contribution in [3.63, 3.8) is 0 Å². The van der Waals surface area contributed by atoms with Gasteiger partial charge in [0.2, 0.25) is 0 Å². The highest BCUT2D eigenvalue weighted by Gasteiger charge is 2.34. The van der Waals surface area contributed by atoms with Crippen molar-refractivity contribution in [1.29, 1.82) is 0 Å². The zero-order chi connectivity index (χ0) is 25.4. The maximum atomic E-state index is 13.3. The molecule has 2 saturated heterocycles. The summed E-state index contributed by atoms with van der Waals surface area (Å²) in [4.78, 5) is 41.7. The Labute approximate surface area is 215 Å². The number of carbonyl (C=O) groups excluding carboxylic acids is 2. The maximum Gasteiger partial charge on any atom is 0.313 e. The number of fused-ring (bicyclic) bond motifs is 1. The summed E-state index contributed by atoms with van der Waals surface area (Å²) in [7, 11) is 2.15. The Bertz CT molecular complexity index is 1280. The van der Waals surface area contributed by atoms with Crippen LogP contribution in [0.4, 0.5) is 16.6 Å². The van der Waals surface area contributed by atoms with Crippen LogP contribution in [0.2, 0.25) is 0 Å². The number of nitrogens with zero attached hydrogens (tertiary/aromatic N) is 5. The lowest BCUT2D eigenvalue weighted by Gasteiger charge is -2.38. The van der Waals surface area contributed by atoms with E-state index in [2.05, 4.69) is 52.3 Å². The van der Waals surface area contributed by atoms with Crippen molar-refractivity contribution in [3.05, 3.63) is 41.6 Å². The number of aromatic nitrogens is 2. The number of rotatable bonds is 3. The fraction of sp³-hybridized carbons (Fsp3) is 0.462. The number of piperazine rings is 1. The van der Waals surface area contributed by atoms with Crippen LogP contribution in [0.25, 0.3) is 10.2 Å². The summed E-state index contributed by atoms with van der Waals surface area (Å²) in [5.74, 6) is -0.465. The molecule has 3 aromatic rings. The van der Waals surface area contributed by atoms with Gasteiger partial charge >= 0.3 is 11.8 Å². The summed E-state index contributed by atoms with van der Waals surface area (Å²) in [5.41, 5.74) is 8.96. The number of nitrogens with two attached hydrogens (primary N) is 1. The predicted molar refractivity (Wildman–Crippen MR) is 144 cm³/mol. The smallest absolute Gasteiger partial charge is 0.313 e. The number of nitrogen functional groups attached to an aromatic ring is 1. The van der Waals surface area contributed by atoms with E-state index < -0.39 is 11.8 Å². The van der Waals surface area contributed by atoms with Crippen LogP contribution in [0, 0.1) is 12.8 Å². The van der Waals surface area contributed by atoms with Gasteiger partial charge < -0.3 is 25.8 Å². The predicted octanol–water partition coefficient (Wildman–Crippen LogP) is 3.27. The monoisotopic (exact) mass is 507 g/mol.